The number of nitrogens with one attached hydrogen (secondary N) is 1. The van der Waals surface area contributed by atoms with E-state index in [-0.39, 0.29) is 0 Å². The number of benzene rings is 1. The van der Waals surface area contributed by atoms with Crippen molar-refractivity contribution in [1.82, 2.24) is 5.43 Å². The Hall–Kier alpha value is -0.710. The quantitative estimate of drug-likeness (QED) is 0.587. The molecule has 1 rings (SSSR count). The third-order valence-corrected chi connectivity index (χ3v) is 1.91. The van der Waals surface area contributed by atoms with Crippen molar-refractivity contribution in [3.63, 3.8) is 0 Å². The molecule has 1 aromatic rings. The standard InChI is InChI=1S/C8H9ClF2N2/c9-6-3-1-5(2-4-6)7(13-12)8(10)11/h1-4,7-8,13H,12H2. The van der Waals surface area contributed by atoms with Crippen molar-refractivity contribution in [2.75, 3.05) is 0 Å². The molecule has 0 fully saturated rings. The van der Waals surface area contributed by atoms with Crippen molar-refractivity contribution >= 4 is 11.6 Å². The molecule has 0 amide bonds. The molecule has 0 heterocycles. The Labute approximate surface area is 79.7 Å². The molecule has 0 bridgehead atoms. The fraction of sp³-hybridized carbons (Fsp3) is 0.250. The van der Waals surface area contributed by atoms with Gasteiger partial charge in [0, 0.05) is 5.02 Å². The van der Waals surface area contributed by atoms with Crippen LogP contribution in [0.2, 0.25) is 5.02 Å². The minimum Gasteiger partial charge on any atom is -0.271 e. The Morgan fingerprint density at radius 2 is 1.77 bits per heavy atom. The topological polar surface area (TPSA) is 38.0 Å². The van der Waals surface area contributed by atoms with E-state index < -0.39 is 12.5 Å². The summed E-state index contributed by atoms with van der Waals surface area (Å²) < 4.78 is 24.6. The van der Waals surface area contributed by atoms with Gasteiger partial charge in [-0.3, -0.25) is 5.84 Å². The van der Waals surface area contributed by atoms with E-state index in [9.17, 15) is 8.78 Å². The summed E-state index contributed by atoms with van der Waals surface area (Å²) in [5.41, 5.74) is 2.46. The molecule has 0 aliphatic rings. The van der Waals surface area contributed by atoms with E-state index in [0.717, 1.165) is 0 Å². The number of hydrogen-bond acceptors (Lipinski definition) is 2. The smallest absolute Gasteiger partial charge is 0.259 e. The molecular formula is C8H9ClF2N2. The summed E-state index contributed by atoms with van der Waals surface area (Å²) in [5.74, 6) is 4.98. The van der Waals surface area contributed by atoms with Crippen LogP contribution in [0, 0.1) is 0 Å². The molecular weight excluding hydrogens is 198 g/mol. The van der Waals surface area contributed by atoms with E-state index in [1.165, 1.54) is 12.1 Å². The van der Waals surface area contributed by atoms with Gasteiger partial charge in [-0.05, 0) is 17.7 Å². The van der Waals surface area contributed by atoms with Gasteiger partial charge in [0.1, 0.15) is 6.04 Å². The van der Waals surface area contributed by atoms with Gasteiger partial charge >= 0.3 is 0 Å². The molecule has 0 aliphatic carbocycles. The Balaban J connectivity index is 2.86. The first-order valence-corrected chi connectivity index (χ1v) is 4.02. The van der Waals surface area contributed by atoms with Crippen LogP contribution in [0.4, 0.5) is 8.78 Å². The highest BCUT2D eigenvalue weighted by molar-refractivity contribution is 6.30. The lowest BCUT2D eigenvalue weighted by Crippen LogP contribution is -2.32. The van der Waals surface area contributed by atoms with Crippen molar-refractivity contribution in [2.45, 2.75) is 12.5 Å². The lowest BCUT2D eigenvalue weighted by molar-refractivity contribution is 0.0986. The number of halogens is 3. The average molecular weight is 207 g/mol. The molecule has 0 spiro atoms. The molecule has 1 atom stereocenters. The number of alkyl halides is 2. The van der Waals surface area contributed by atoms with Crippen LogP contribution in [0.25, 0.3) is 0 Å². The number of hydrogen-bond donors (Lipinski definition) is 2. The van der Waals surface area contributed by atoms with Crippen LogP contribution < -0.4 is 11.3 Å². The predicted octanol–water partition coefficient (Wildman–Crippen LogP) is 2.11. The summed E-state index contributed by atoms with van der Waals surface area (Å²) in [6, 6.07) is 4.97. The fourth-order valence-electron chi connectivity index (χ4n) is 0.985. The maximum absolute atomic E-state index is 12.3. The second kappa shape index (κ2) is 4.50. The van der Waals surface area contributed by atoms with Gasteiger partial charge in [0.05, 0.1) is 0 Å². The summed E-state index contributed by atoms with van der Waals surface area (Å²) in [7, 11) is 0. The van der Waals surface area contributed by atoms with Crippen molar-refractivity contribution in [1.29, 1.82) is 0 Å². The SMILES string of the molecule is NNC(c1ccc(Cl)cc1)C(F)F. The molecule has 0 saturated heterocycles. The maximum atomic E-state index is 12.3. The molecule has 0 saturated carbocycles. The molecule has 13 heavy (non-hydrogen) atoms. The second-order valence-corrected chi connectivity index (χ2v) is 2.97. The summed E-state index contributed by atoms with van der Waals surface area (Å²) in [4.78, 5) is 0. The van der Waals surface area contributed by atoms with Crippen molar-refractivity contribution < 1.29 is 8.78 Å². The minimum atomic E-state index is -2.54. The number of rotatable bonds is 3. The maximum Gasteiger partial charge on any atom is 0.259 e. The molecule has 0 aliphatic heterocycles. The lowest BCUT2D eigenvalue weighted by Gasteiger charge is -2.14. The van der Waals surface area contributed by atoms with E-state index >= 15 is 0 Å². The summed E-state index contributed by atoms with van der Waals surface area (Å²) in [6.07, 6.45) is -2.54. The van der Waals surface area contributed by atoms with Crippen LogP contribution in [0.15, 0.2) is 24.3 Å². The zero-order chi connectivity index (χ0) is 9.84. The van der Waals surface area contributed by atoms with Crippen LogP contribution in [0.1, 0.15) is 11.6 Å². The number of nitrogens with two attached hydrogens (primary N) is 1. The first-order chi connectivity index (χ1) is 6.15. The largest absolute Gasteiger partial charge is 0.271 e. The van der Waals surface area contributed by atoms with Gasteiger partial charge < -0.3 is 0 Å². The van der Waals surface area contributed by atoms with E-state index in [0.29, 0.717) is 10.6 Å². The molecule has 1 aromatic carbocycles. The second-order valence-electron chi connectivity index (χ2n) is 2.53. The normalized spacial score (nSPS) is 13.3. The van der Waals surface area contributed by atoms with Crippen LogP contribution in [-0.2, 0) is 0 Å². The van der Waals surface area contributed by atoms with Gasteiger partial charge in [0.25, 0.3) is 6.43 Å². The van der Waals surface area contributed by atoms with Gasteiger partial charge in [-0.1, -0.05) is 23.7 Å². The summed E-state index contributed by atoms with van der Waals surface area (Å²) in [6.45, 7) is 0. The molecule has 2 nitrogen and oxygen atoms in total. The fourth-order valence-corrected chi connectivity index (χ4v) is 1.11. The van der Waals surface area contributed by atoms with Crippen molar-refractivity contribution in [3.8, 4) is 0 Å². The highest BCUT2D eigenvalue weighted by atomic mass is 35.5. The average Bonchev–Trinajstić information content (AvgIpc) is 2.09. The molecule has 3 N–H and O–H groups in total. The van der Waals surface area contributed by atoms with Gasteiger partial charge in [-0.2, -0.15) is 0 Å². The minimum absolute atomic E-state index is 0.418. The van der Waals surface area contributed by atoms with Gasteiger partial charge in [-0.25, -0.2) is 14.2 Å². The summed E-state index contributed by atoms with van der Waals surface area (Å²) >= 11 is 5.60. The highest BCUT2D eigenvalue weighted by Gasteiger charge is 2.20. The third kappa shape index (κ3) is 2.62. The Morgan fingerprint density at radius 1 is 1.23 bits per heavy atom. The van der Waals surface area contributed by atoms with E-state index in [4.69, 9.17) is 17.4 Å². The first kappa shape index (κ1) is 10.4. The third-order valence-electron chi connectivity index (χ3n) is 1.66. The molecule has 5 heteroatoms. The number of hydrazine groups is 1. The van der Waals surface area contributed by atoms with Gasteiger partial charge in [0.2, 0.25) is 0 Å². The Kier molecular flexibility index (Phi) is 3.59. The van der Waals surface area contributed by atoms with E-state index in [2.05, 4.69) is 0 Å². The monoisotopic (exact) mass is 206 g/mol. The zero-order valence-electron chi connectivity index (χ0n) is 6.68. The molecule has 72 valence electrons. The summed E-state index contributed by atoms with van der Waals surface area (Å²) in [5, 5.41) is 0.508. The molecule has 0 aromatic heterocycles. The highest BCUT2D eigenvalue weighted by Crippen LogP contribution is 2.21. The first-order valence-electron chi connectivity index (χ1n) is 3.65. The van der Waals surface area contributed by atoms with Crippen molar-refractivity contribution in [2.24, 2.45) is 5.84 Å². The van der Waals surface area contributed by atoms with E-state index in [1.54, 1.807) is 12.1 Å². The van der Waals surface area contributed by atoms with Crippen molar-refractivity contribution in [3.05, 3.63) is 34.9 Å². The van der Waals surface area contributed by atoms with Crippen LogP contribution in [0.5, 0.6) is 0 Å². The molecule has 0 radical (unpaired) electrons. The van der Waals surface area contributed by atoms with Gasteiger partial charge in [0.15, 0.2) is 0 Å². The van der Waals surface area contributed by atoms with Gasteiger partial charge in [-0.15, -0.1) is 0 Å². The predicted molar refractivity (Wildman–Crippen MR) is 47.5 cm³/mol. The van der Waals surface area contributed by atoms with Crippen LogP contribution in [-0.4, -0.2) is 6.43 Å². The van der Waals surface area contributed by atoms with Crippen LogP contribution in [0.3, 0.4) is 0 Å². The Bertz CT molecular complexity index is 263. The lowest BCUT2D eigenvalue weighted by atomic mass is 10.1. The zero-order valence-corrected chi connectivity index (χ0v) is 7.43. The Morgan fingerprint density at radius 3 is 2.15 bits per heavy atom. The van der Waals surface area contributed by atoms with Crippen LogP contribution >= 0.6 is 11.6 Å². The molecule has 1 unspecified atom stereocenters. The van der Waals surface area contributed by atoms with E-state index in [1.807, 2.05) is 5.43 Å².